The molecule has 2 aliphatic heterocycles. The number of aromatic nitrogens is 1. The SMILES string of the molecule is Cc1ccccc1-c1ccc(/C=C/[C@@H]2[C@@H]3[C@@H](C)OC(=O)[C@]3(NC3COC3)CC(F)(F)[C@H]2C)nc1. The Morgan fingerprint density at radius 2 is 1.91 bits per heavy atom. The number of esters is 1. The van der Waals surface area contributed by atoms with Gasteiger partial charge in [-0.15, -0.1) is 0 Å². The van der Waals surface area contributed by atoms with Crippen molar-refractivity contribution in [1.82, 2.24) is 10.3 Å². The van der Waals surface area contributed by atoms with Crippen LogP contribution < -0.4 is 5.32 Å². The van der Waals surface area contributed by atoms with Gasteiger partial charge in [-0.2, -0.15) is 0 Å². The van der Waals surface area contributed by atoms with E-state index in [1.807, 2.05) is 30.3 Å². The number of alkyl halides is 2. The fourth-order valence-electron chi connectivity index (χ4n) is 5.79. The van der Waals surface area contributed by atoms with Crippen LogP contribution in [0.15, 0.2) is 48.7 Å². The Balaban J connectivity index is 1.44. The number of rotatable bonds is 5. The Labute approximate surface area is 198 Å². The number of hydrogen-bond acceptors (Lipinski definition) is 5. The Morgan fingerprint density at radius 1 is 1.15 bits per heavy atom. The van der Waals surface area contributed by atoms with E-state index in [0.29, 0.717) is 18.9 Å². The van der Waals surface area contributed by atoms with Crippen molar-refractivity contribution in [1.29, 1.82) is 0 Å². The van der Waals surface area contributed by atoms with Gasteiger partial charge in [0.15, 0.2) is 0 Å². The first-order chi connectivity index (χ1) is 16.2. The third-order valence-electron chi connectivity index (χ3n) is 7.74. The number of halogens is 2. The topological polar surface area (TPSA) is 60.5 Å². The second-order valence-electron chi connectivity index (χ2n) is 9.94. The smallest absolute Gasteiger partial charge is 0.327 e. The number of carbonyl (C=O) groups is 1. The van der Waals surface area contributed by atoms with E-state index in [0.717, 1.165) is 16.7 Å². The highest BCUT2D eigenvalue weighted by Gasteiger charge is 2.68. The summed E-state index contributed by atoms with van der Waals surface area (Å²) in [6, 6.07) is 11.8. The first kappa shape index (κ1) is 23.1. The first-order valence-electron chi connectivity index (χ1n) is 11.9. The maximum absolute atomic E-state index is 15.3. The molecule has 2 aromatic rings. The minimum atomic E-state index is -3.02. The summed E-state index contributed by atoms with van der Waals surface area (Å²) in [5, 5.41) is 3.22. The molecule has 0 unspecified atom stereocenters. The maximum Gasteiger partial charge on any atom is 0.327 e. The number of allylic oxidation sites excluding steroid dienone is 1. The number of carbonyl (C=O) groups excluding carboxylic acids is 1. The zero-order valence-corrected chi connectivity index (χ0v) is 19.6. The van der Waals surface area contributed by atoms with E-state index in [1.165, 1.54) is 0 Å². The van der Waals surface area contributed by atoms with Crippen molar-refractivity contribution in [2.24, 2.45) is 17.8 Å². The molecule has 5 atom stereocenters. The number of ether oxygens (including phenoxy) is 2. The molecule has 0 bridgehead atoms. The molecule has 5 rings (SSSR count). The number of pyridine rings is 1. The molecular weight excluding hydrogens is 438 g/mol. The number of cyclic esters (lactones) is 1. The zero-order chi connectivity index (χ0) is 24.1. The van der Waals surface area contributed by atoms with Crippen LogP contribution in [0.25, 0.3) is 17.2 Å². The summed E-state index contributed by atoms with van der Waals surface area (Å²) >= 11 is 0. The Hall–Kier alpha value is -2.64. The van der Waals surface area contributed by atoms with Crippen molar-refractivity contribution in [3.05, 3.63) is 59.9 Å². The fourth-order valence-corrected chi connectivity index (χ4v) is 5.79. The lowest BCUT2D eigenvalue weighted by Gasteiger charge is -2.50. The number of nitrogens with zero attached hydrogens (tertiary/aromatic N) is 1. The predicted molar refractivity (Wildman–Crippen MR) is 125 cm³/mol. The minimum absolute atomic E-state index is 0.121. The van der Waals surface area contributed by atoms with Crippen molar-refractivity contribution in [2.75, 3.05) is 13.2 Å². The quantitative estimate of drug-likeness (QED) is 0.648. The van der Waals surface area contributed by atoms with Crippen LogP contribution >= 0.6 is 0 Å². The van der Waals surface area contributed by atoms with Crippen LogP contribution in [0.2, 0.25) is 0 Å². The van der Waals surface area contributed by atoms with Crippen molar-refractivity contribution in [2.45, 2.75) is 50.8 Å². The maximum atomic E-state index is 15.3. The molecule has 2 saturated heterocycles. The van der Waals surface area contributed by atoms with Gasteiger partial charge in [-0.3, -0.25) is 15.1 Å². The molecule has 1 saturated carbocycles. The molecule has 1 N–H and O–H groups in total. The van der Waals surface area contributed by atoms with Gasteiger partial charge < -0.3 is 9.47 Å². The Kier molecular flexibility index (Phi) is 5.81. The molecule has 0 amide bonds. The molecule has 0 radical (unpaired) electrons. The highest BCUT2D eigenvalue weighted by atomic mass is 19.3. The average molecular weight is 469 g/mol. The molecule has 7 heteroatoms. The average Bonchev–Trinajstić information content (AvgIpc) is 3.01. The van der Waals surface area contributed by atoms with Gasteiger partial charge >= 0.3 is 5.97 Å². The molecule has 34 heavy (non-hydrogen) atoms. The van der Waals surface area contributed by atoms with Crippen LogP contribution in [0, 0.1) is 24.7 Å². The lowest BCUT2D eigenvalue weighted by Crippen LogP contribution is -2.69. The van der Waals surface area contributed by atoms with E-state index in [-0.39, 0.29) is 6.04 Å². The third kappa shape index (κ3) is 3.85. The van der Waals surface area contributed by atoms with Gasteiger partial charge in [0, 0.05) is 30.0 Å². The lowest BCUT2D eigenvalue weighted by molar-refractivity contribution is -0.164. The van der Waals surface area contributed by atoms with Gasteiger partial charge in [0.1, 0.15) is 11.6 Å². The summed E-state index contributed by atoms with van der Waals surface area (Å²) in [6.45, 7) is 6.24. The van der Waals surface area contributed by atoms with Crippen molar-refractivity contribution >= 4 is 12.0 Å². The van der Waals surface area contributed by atoms with Gasteiger partial charge in [-0.05, 0) is 43.0 Å². The Bertz CT molecular complexity index is 1100. The van der Waals surface area contributed by atoms with Crippen LogP contribution in [0.3, 0.4) is 0 Å². The number of nitrogens with one attached hydrogen (secondary N) is 1. The number of aryl methyl sites for hydroxylation is 1. The molecule has 3 fully saturated rings. The molecule has 1 aromatic carbocycles. The molecule has 3 aliphatic rings. The van der Waals surface area contributed by atoms with Crippen LogP contribution in [-0.2, 0) is 14.3 Å². The summed E-state index contributed by atoms with van der Waals surface area (Å²) in [5.41, 5.74) is 2.54. The van der Waals surface area contributed by atoms with Crippen LogP contribution in [0.5, 0.6) is 0 Å². The number of hydrogen-bond donors (Lipinski definition) is 1. The van der Waals surface area contributed by atoms with Crippen molar-refractivity contribution in [3.8, 4) is 11.1 Å². The molecule has 3 heterocycles. The second kappa shape index (κ2) is 8.54. The molecule has 1 aliphatic carbocycles. The van der Waals surface area contributed by atoms with Gasteiger partial charge in [0.25, 0.3) is 5.92 Å². The predicted octanol–water partition coefficient (Wildman–Crippen LogP) is 4.65. The van der Waals surface area contributed by atoms with E-state index in [9.17, 15) is 4.79 Å². The zero-order valence-electron chi connectivity index (χ0n) is 19.6. The van der Waals surface area contributed by atoms with Gasteiger partial charge in [-0.1, -0.05) is 43.3 Å². The highest BCUT2D eigenvalue weighted by molar-refractivity contribution is 5.84. The molecule has 5 nitrogen and oxygen atoms in total. The second-order valence-corrected chi connectivity index (χ2v) is 9.94. The fraction of sp³-hybridized carbons (Fsp3) is 0.481. The standard InChI is InChI=1S/C27H30F2N2O3/c1-16-6-4-5-7-22(16)19-8-9-20(30-12-19)10-11-23-17(2)27(28,29)15-26(31-21-13-33-14-21)24(23)18(3)34-25(26)32/h4-12,17-18,21,23-24,31H,13-15H2,1-3H3/b11-10+/t17-,18+,23-,24-,26-/m0/s1. The van der Waals surface area contributed by atoms with Crippen molar-refractivity contribution in [3.63, 3.8) is 0 Å². The van der Waals surface area contributed by atoms with E-state index < -0.39 is 47.7 Å². The molecule has 180 valence electrons. The third-order valence-corrected chi connectivity index (χ3v) is 7.74. The number of fused-ring (bicyclic) bond motifs is 1. The van der Waals surface area contributed by atoms with Crippen LogP contribution in [-0.4, -0.2) is 47.8 Å². The van der Waals surface area contributed by atoms with Gasteiger partial charge in [0.2, 0.25) is 0 Å². The first-order valence-corrected chi connectivity index (χ1v) is 11.9. The van der Waals surface area contributed by atoms with E-state index >= 15 is 8.78 Å². The van der Waals surface area contributed by atoms with Crippen LogP contribution in [0.1, 0.15) is 31.5 Å². The summed E-state index contributed by atoms with van der Waals surface area (Å²) in [7, 11) is 0. The highest BCUT2D eigenvalue weighted by Crippen LogP contribution is 2.55. The summed E-state index contributed by atoms with van der Waals surface area (Å²) in [5.74, 6) is -5.50. The van der Waals surface area contributed by atoms with E-state index in [2.05, 4.69) is 23.3 Å². The van der Waals surface area contributed by atoms with E-state index in [4.69, 9.17) is 9.47 Å². The largest absolute Gasteiger partial charge is 0.461 e. The molecule has 1 aromatic heterocycles. The summed E-state index contributed by atoms with van der Waals surface area (Å²) in [6.07, 6.45) is 4.36. The lowest BCUT2D eigenvalue weighted by atomic mass is 9.60. The summed E-state index contributed by atoms with van der Waals surface area (Å²) in [4.78, 5) is 17.5. The van der Waals surface area contributed by atoms with Crippen molar-refractivity contribution < 1.29 is 23.0 Å². The summed E-state index contributed by atoms with van der Waals surface area (Å²) < 4.78 is 41.3. The number of benzene rings is 1. The monoisotopic (exact) mass is 468 g/mol. The van der Waals surface area contributed by atoms with Gasteiger partial charge in [0.05, 0.1) is 24.9 Å². The Morgan fingerprint density at radius 3 is 2.56 bits per heavy atom. The normalized spacial score (nSPS) is 32.9. The minimum Gasteiger partial charge on any atom is -0.461 e. The molecule has 0 spiro atoms. The van der Waals surface area contributed by atoms with E-state index in [1.54, 1.807) is 32.2 Å². The van der Waals surface area contributed by atoms with Crippen LogP contribution in [0.4, 0.5) is 8.78 Å². The molecular formula is C27H30F2N2O3. The van der Waals surface area contributed by atoms with Gasteiger partial charge in [-0.25, -0.2) is 8.78 Å².